The normalized spacial score (nSPS) is 11.5. The minimum atomic E-state index is -3.78. The fourth-order valence-corrected chi connectivity index (χ4v) is 4.04. The number of nitrogens with zero attached hydrogens (tertiary/aromatic N) is 3. The molecule has 0 fully saturated rings. The van der Waals surface area contributed by atoms with Gasteiger partial charge in [0.1, 0.15) is 5.75 Å². The van der Waals surface area contributed by atoms with E-state index in [1.807, 2.05) is 0 Å². The summed E-state index contributed by atoms with van der Waals surface area (Å²) < 4.78 is 31.1. The molecule has 24 heavy (non-hydrogen) atoms. The molecule has 0 unspecified atom stereocenters. The van der Waals surface area contributed by atoms with Crippen molar-refractivity contribution in [1.82, 2.24) is 14.5 Å². The van der Waals surface area contributed by atoms with Crippen LogP contribution in [0.1, 0.15) is 18.9 Å². The van der Waals surface area contributed by atoms with E-state index in [-0.39, 0.29) is 28.3 Å². The number of aromatic nitrogens is 2. The van der Waals surface area contributed by atoms with E-state index in [1.165, 1.54) is 11.4 Å². The first-order valence-electron chi connectivity index (χ1n) is 7.09. The van der Waals surface area contributed by atoms with Crippen LogP contribution in [0.25, 0.3) is 0 Å². The topological polar surface area (TPSA) is 101 Å². The molecule has 0 bridgehead atoms. The highest BCUT2D eigenvalue weighted by Crippen LogP contribution is 2.24. The van der Waals surface area contributed by atoms with Crippen LogP contribution < -0.4 is 10.1 Å². The number of carbonyl (C=O) groups excluding carboxylic acids is 1. The van der Waals surface area contributed by atoms with Gasteiger partial charge in [0.25, 0.3) is 10.0 Å². The molecule has 0 aliphatic carbocycles. The van der Waals surface area contributed by atoms with Crippen LogP contribution in [-0.4, -0.2) is 43.0 Å². The van der Waals surface area contributed by atoms with E-state index in [0.29, 0.717) is 5.75 Å². The Bertz CT molecular complexity index is 802. The summed E-state index contributed by atoms with van der Waals surface area (Å²) in [7, 11) is -0.750. The summed E-state index contributed by atoms with van der Waals surface area (Å²) in [5.74, 6) is 0.450. The summed E-state index contributed by atoms with van der Waals surface area (Å²) in [4.78, 5) is 11.3. The Morgan fingerprint density at radius 2 is 1.96 bits per heavy atom. The molecule has 0 aliphatic rings. The zero-order chi connectivity index (χ0) is 17.7. The number of hydrogen-bond acceptors (Lipinski definition) is 7. The van der Waals surface area contributed by atoms with Gasteiger partial charge in [0, 0.05) is 20.0 Å². The Balaban J connectivity index is 2.12. The van der Waals surface area contributed by atoms with Gasteiger partial charge in [0.2, 0.25) is 15.4 Å². The number of ether oxygens (including phenoxy) is 1. The Labute approximate surface area is 144 Å². The third kappa shape index (κ3) is 4.28. The molecule has 0 saturated heterocycles. The molecule has 1 N–H and O–H groups in total. The van der Waals surface area contributed by atoms with Gasteiger partial charge in [-0.2, -0.15) is 4.31 Å². The molecule has 0 atom stereocenters. The second-order valence-corrected chi connectivity index (χ2v) is 8.08. The first-order chi connectivity index (χ1) is 11.4. The lowest BCUT2D eigenvalue weighted by molar-refractivity contribution is -0.115. The van der Waals surface area contributed by atoms with Gasteiger partial charge < -0.3 is 10.1 Å². The number of sulfonamides is 1. The standard InChI is InChI=1S/C14H18N4O4S2/c1-4-12(19)15-13-16-17-14(23-13)24(20,21)18(2)9-10-5-7-11(22-3)8-6-10/h5-8H,4,9H2,1-3H3,(H,15,16,19). The van der Waals surface area contributed by atoms with Crippen molar-refractivity contribution in [3.05, 3.63) is 29.8 Å². The van der Waals surface area contributed by atoms with Crippen molar-refractivity contribution in [1.29, 1.82) is 0 Å². The largest absolute Gasteiger partial charge is 0.497 e. The zero-order valence-corrected chi connectivity index (χ0v) is 15.1. The zero-order valence-electron chi connectivity index (χ0n) is 13.5. The third-order valence-corrected chi connectivity index (χ3v) is 6.16. The van der Waals surface area contributed by atoms with Gasteiger partial charge >= 0.3 is 0 Å². The van der Waals surface area contributed by atoms with Crippen molar-refractivity contribution in [2.45, 2.75) is 24.2 Å². The highest BCUT2D eigenvalue weighted by Gasteiger charge is 2.26. The molecular formula is C14H18N4O4S2. The van der Waals surface area contributed by atoms with Gasteiger partial charge in [-0.05, 0) is 17.7 Å². The van der Waals surface area contributed by atoms with Crippen molar-refractivity contribution in [2.24, 2.45) is 0 Å². The highest BCUT2D eigenvalue weighted by molar-refractivity contribution is 7.91. The number of nitrogens with one attached hydrogen (secondary N) is 1. The molecule has 0 radical (unpaired) electrons. The molecule has 1 amide bonds. The summed E-state index contributed by atoms with van der Waals surface area (Å²) in [6.07, 6.45) is 0.277. The van der Waals surface area contributed by atoms with E-state index in [2.05, 4.69) is 15.5 Å². The molecule has 8 nitrogen and oxygen atoms in total. The monoisotopic (exact) mass is 370 g/mol. The van der Waals surface area contributed by atoms with E-state index in [1.54, 1.807) is 38.3 Å². The van der Waals surface area contributed by atoms with Crippen LogP contribution in [0.5, 0.6) is 5.75 Å². The molecule has 1 heterocycles. The Hall–Kier alpha value is -2.04. The number of amides is 1. The molecule has 2 aromatic rings. The molecule has 10 heteroatoms. The predicted octanol–water partition coefficient (Wildman–Crippen LogP) is 1.72. The lowest BCUT2D eigenvalue weighted by atomic mass is 10.2. The van der Waals surface area contributed by atoms with E-state index in [4.69, 9.17) is 4.74 Å². The van der Waals surface area contributed by atoms with Crippen molar-refractivity contribution in [2.75, 3.05) is 19.5 Å². The second-order valence-electron chi connectivity index (χ2n) is 4.88. The van der Waals surface area contributed by atoms with Crippen molar-refractivity contribution in [3.8, 4) is 5.75 Å². The molecule has 130 valence electrons. The first kappa shape index (κ1) is 18.3. The number of methoxy groups -OCH3 is 1. The Kier molecular flexibility index (Phi) is 5.86. The van der Waals surface area contributed by atoms with E-state index in [0.717, 1.165) is 16.9 Å². The average molecular weight is 370 g/mol. The fraction of sp³-hybridized carbons (Fsp3) is 0.357. The molecule has 1 aromatic carbocycles. The lowest BCUT2D eigenvalue weighted by Gasteiger charge is -2.15. The Morgan fingerprint density at radius 1 is 1.29 bits per heavy atom. The first-order valence-corrected chi connectivity index (χ1v) is 9.35. The Morgan fingerprint density at radius 3 is 2.54 bits per heavy atom. The number of rotatable bonds is 7. The molecule has 2 rings (SSSR count). The van der Waals surface area contributed by atoms with Crippen LogP contribution in [-0.2, 0) is 21.4 Å². The van der Waals surface area contributed by atoms with Gasteiger partial charge in [0.05, 0.1) is 7.11 Å². The summed E-state index contributed by atoms with van der Waals surface area (Å²) in [6.45, 7) is 1.87. The smallest absolute Gasteiger partial charge is 0.272 e. The molecule has 0 saturated carbocycles. The number of hydrogen-bond donors (Lipinski definition) is 1. The maximum Gasteiger partial charge on any atom is 0.272 e. The summed E-state index contributed by atoms with van der Waals surface area (Å²) in [5.41, 5.74) is 0.811. The quantitative estimate of drug-likeness (QED) is 0.745. The van der Waals surface area contributed by atoms with Crippen LogP contribution in [0, 0.1) is 0 Å². The van der Waals surface area contributed by atoms with Crippen molar-refractivity contribution < 1.29 is 17.9 Å². The molecule has 0 aliphatic heterocycles. The molecule has 0 spiro atoms. The van der Waals surface area contributed by atoms with Crippen LogP contribution in [0.2, 0.25) is 0 Å². The van der Waals surface area contributed by atoms with Crippen molar-refractivity contribution in [3.63, 3.8) is 0 Å². The van der Waals surface area contributed by atoms with Gasteiger partial charge in [-0.1, -0.05) is 30.4 Å². The third-order valence-electron chi connectivity index (χ3n) is 3.17. The lowest BCUT2D eigenvalue weighted by Crippen LogP contribution is -2.26. The minimum absolute atomic E-state index is 0.162. The van der Waals surface area contributed by atoms with Gasteiger partial charge in [-0.15, -0.1) is 10.2 Å². The van der Waals surface area contributed by atoms with Crippen LogP contribution in [0.15, 0.2) is 28.6 Å². The van der Waals surface area contributed by atoms with E-state index >= 15 is 0 Å². The number of benzene rings is 1. The van der Waals surface area contributed by atoms with Crippen molar-refractivity contribution >= 4 is 32.4 Å². The second kappa shape index (κ2) is 7.69. The van der Waals surface area contributed by atoms with E-state index in [9.17, 15) is 13.2 Å². The number of carbonyl (C=O) groups is 1. The predicted molar refractivity (Wildman–Crippen MR) is 90.5 cm³/mol. The number of anilines is 1. The summed E-state index contributed by atoms with van der Waals surface area (Å²) in [6, 6.07) is 7.11. The van der Waals surface area contributed by atoms with Crippen LogP contribution in [0.4, 0.5) is 5.13 Å². The van der Waals surface area contributed by atoms with E-state index < -0.39 is 10.0 Å². The van der Waals surface area contributed by atoms with Crippen LogP contribution in [0.3, 0.4) is 0 Å². The maximum absolute atomic E-state index is 12.5. The van der Waals surface area contributed by atoms with Gasteiger partial charge in [-0.3, -0.25) is 4.79 Å². The SMILES string of the molecule is CCC(=O)Nc1nnc(S(=O)(=O)N(C)Cc2ccc(OC)cc2)s1. The van der Waals surface area contributed by atoms with Gasteiger partial charge in [-0.25, -0.2) is 8.42 Å². The fourth-order valence-electron chi connectivity index (χ4n) is 1.78. The van der Waals surface area contributed by atoms with Crippen LogP contribution >= 0.6 is 11.3 Å². The maximum atomic E-state index is 12.5. The molecule has 1 aromatic heterocycles. The summed E-state index contributed by atoms with van der Waals surface area (Å²) in [5, 5.41) is 10.0. The highest BCUT2D eigenvalue weighted by atomic mass is 32.2. The molecular weight excluding hydrogens is 352 g/mol. The minimum Gasteiger partial charge on any atom is -0.497 e. The van der Waals surface area contributed by atoms with Gasteiger partial charge in [0.15, 0.2) is 0 Å². The summed E-state index contributed by atoms with van der Waals surface area (Å²) >= 11 is 0.825. The average Bonchev–Trinajstić information content (AvgIpc) is 3.04.